The molecule has 0 N–H and O–H groups in total. The van der Waals surface area contributed by atoms with Gasteiger partial charge in [-0.2, -0.15) is 5.26 Å². The maximum absolute atomic E-state index is 13.4. The van der Waals surface area contributed by atoms with Gasteiger partial charge in [0.1, 0.15) is 0 Å². The smallest absolute Gasteiger partial charge is 0.227 e. The van der Waals surface area contributed by atoms with Gasteiger partial charge in [-0.3, -0.25) is 4.79 Å². The molecule has 5 heteroatoms. The summed E-state index contributed by atoms with van der Waals surface area (Å²) >= 11 is 0. The lowest BCUT2D eigenvalue weighted by atomic mass is 10.1. The number of benzene rings is 1. The van der Waals surface area contributed by atoms with Gasteiger partial charge in [-0.05, 0) is 13.0 Å². The van der Waals surface area contributed by atoms with Gasteiger partial charge in [0.05, 0.1) is 18.9 Å². The van der Waals surface area contributed by atoms with Gasteiger partial charge in [-0.1, -0.05) is 12.1 Å². The van der Waals surface area contributed by atoms with Crippen molar-refractivity contribution in [1.29, 1.82) is 5.26 Å². The van der Waals surface area contributed by atoms with Gasteiger partial charge in [-0.25, -0.2) is 8.78 Å². The molecule has 0 fully saturated rings. The normalized spacial score (nSPS) is 9.89. The molecule has 96 valence electrons. The molecule has 0 aliphatic carbocycles. The number of amides is 1. The lowest BCUT2D eigenvalue weighted by Gasteiger charge is -2.19. The quantitative estimate of drug-likeness (QED) is 0.806. The van der Waals surface area contributed by atoms with Gasteiger partial charge in [-0.15, -0.1) is 0 Å². The average Bonchev–Trinajstić information content (AvgIpc) is 2.36. The molecule has 0 saturated heterocycles. The molecular weight excluding hydrogens is 238 g/mol. The van der Waals surface area contributed by atoms with Crippen LogP contribution in [0.5, 0.6) is 0 Å². The minimum Gasteiger partial charge on any atom is -0.342 e. The summed E-state index contributed by atoms with van der Waals surface area (Å²) in [5.41, 5.74) is 0.0374. The summed E-state index contributed by atoms with van der Waals surface area (Å²) in [6, 6.07) is 5.71. The van der Waals surface area contributed by atoms with Crippen LogP contribution in [0.15, 0.2) is 18.2 Å². The fourth-order valence-electron chi connectivity index (χ4n) is 1.60. The largest absolute Gasteiger partial charge is 0.342 e. The number of carbonyl (C=O) groups excluding carboxylic acids is 1. The Balaban J connectivity index is 2.74. The van der Waals surface area contributed by atoms with Crippen LogP contribution >= 0.6 is 0 Å². The molecule has 0 aliphatic rings. The Hall–Kier alpha value is -1.96. The predicted molar refractivity (Wildman–Crippen MR) is 62.5 cm³/mol. The van der Waals surface area contributed by atoms with E-state index < -0.39 is 11.6 Å². The van der Waals surface area contributed by atoms with E-state index in [1.165, 1.54) is 17.0 Å². The highest BCUT2D eigenvalue weighted by Crippen LogP contribution is 2.13. The van der Waals surface area contributed by atoms with Crippen LogP contribution in [0.3, 0.4) is 0 Å². The highest BCUT2D eigenvalue weighted by Gasteiger charge is 2.15. The first-order valence-electron chi connectivity index (χ1n) is 5.67. The molecule has 1 amide bonds. The molecule has 3 nitrogen and oxygen atoms in total. The number of halogens is 2. The van der Waals surface area contributed by atoms with Crippen LogP contribution < -0.4 is 0 Å². The first-order valence-corrected chi connectivity index (χ1v) is 5.67. The van der Waals surface area contributed by atoms with E-state index in [9.17, 15) is 13.6 Å². The number of likely N-dealkylation sites (N-methyl/N-ethyl adjacent to an activating group) is 1. The summed E-state index contributed by atoms with van der Waals surface area (Å²) in [5, 5.41) is 8.47. The van der Waals surface area contributed by atoms with Crippen molar-refractivity contribution in [3.05, 3.63) is 35.4 Å². The fraction of sp³-hybridized carbons (Fsp3) is 0.385. The van der Waals surface area contributed by atoms with Crippen molar-refractivity contribution < 1.29 is 13.6 Å². The number of nitrogens with zero attached hydrogens (tertiary/aromatic N) is 2. The van der Waals surface area contributed by atoms with Gasteiger partial charge in [0, 0.05) is 18.7 Å². The van der Waals surface area contributed by atoms with E-state index in [-0.39, 0.29) is 24.3 Å². The van der Waals surface area contributed by atoms with Crippen LogP contribution in [0.4, 0.5) is 8.78 Å². The number of nitriles is 1. The van der Waals surface area contributed by atoms with Crippen LogP contribution in [0.25, 0.3) is 0 Å². The molecule has 0 saturated carbocycles. The van der Waals surface area contributed by atoms with E-state index in [1.54, 1.807) is 6.92 Å². The second-order valence-electron chi connectivity index (χ2n) is 3.77. The summed E-state index contributed by atoms with van der Waals surface area (Å²) in [7, 11) is 0. The Bertz CT molecular complexity index is 469. The minimum absolute atomic E-state index is 0.0374. The second-order valence-corrected chi connectivity index (χ2v) is 3.77. The zero-order chi connectivity index (χ0) is 13.5. The van der Waals surface area contributed by atoms with Crippen LogP contribution in [-0.4, -0.2) is 23.9 Å². The zero-order valence-corrected chi connectivity index (χ0v) is 10.1. The summed E-state index contributed by atoms with van der Waals surface area (Å²) in [6.07, 6.45) is 0.0358. The monoisotopic (exact) mass is 252 g/mol. The van der Waals surface area contributed by atoms with Crippen molar-refractivity contribution in [3.63, 3.8) is 0 Å². The van der Waals surface area contributed by atoms with Crippen LogP contribution in [-0.2, 0) is 11.2 Å². The molecule has 18 heavy (non-hydrogen) atoms. The van der Waals surface area contributed by atoms with E-state index in [2.05, 4.69) is 0 Å². The number of carbonyl (C=O) groups is 1. The third-order valence-electron chi connectivity index (χ3n) is 2.60. The minimum atomic E-state index is -0.984. The first kappa shape index (κ1) is 14.1. The Kier molecular flexibility index (Phi) is 5.25. The fourth-order valence-corrected chi connectivity index (χ4v) is 1.60. The summed E-state index contributed by atoms with van der Waals surface area (Å²) in [4.78, 5) is 13.3. The SMILES string of the molecule is CCN(CCC#N)C(=O)Cc1cccc(F)c1F. The van der Waals surface area contributed by atoms with E-state index in [4.69, 9.17) is 5.26 Å². The standard InChI is InChI=1S/C13H14F2N2O/c1-2-17(8-4-7-16)12(18)9-10-5-3-6-11(14)13(10)15/h3,5-6H,2,4,8-9H2,1H3. The molecular formula is C13H14F2N2O. The Morgan fingerprint density at radius 2 is 2.17 bits per heavy atom. The van der Waals surface area contributed by atoms with Crippen LogP contribution in [0.1, 0.15) is 18.9 Å². The van der Waals surface area contributed by atoms with E-state index in [0.29, 0.717) is 13.1 Å². The lowest BCUT2D eigenvalue weighted by molar-refractivity contribution is -0.130. The van der Waals surface area contributed by atoms with Crippen molar-refractivity contribution in [2.24, 2.45) is 0 Å². The molecule has 1 aromatic carbocycles. The summed E-state index contributed by atoms with van der Waals surface area (Å²) in [6.45, 7) is 2.53. The second kappa shape index (κ2) is 6.70. The predicted octanol–water partition coefficient (Wildman–Crippen LogP) is 2.27. The third kappa shape index (κ3) is 3.52. The number of hydrogen-bond acceptors (Lipinski definition) is 2. The van der Waals surface area contributed by atoms with Gasteiger partial charge in [0.25, 0.3) is 0 Å². The van der Waals surface area contributed by atoms with E-state index in [0.717, 1.165) is 6.07 Å². The van der Waals surface area contributed by atoms with E-state index in [1.807, 2.05) is 6.07 Å². The molecule has 1 aromatic rings. The Morgan fingerprint density at radius 3 is 2.78 bits per heavy atom. The number of rotatable bonds is 5. The summed E-state index contributed by atoms with van der Waals surface area (Å²) in [5.74, 6) is -2.25. The molecule has 0 bridgehead atoms. The maximum Gasteiger partial charge on any atom is 0.227 e. The molecule has 0 aromatic heterocycles. The van der Waals surface area contributed by atoms with Crippen molar-refractivity contribution in [3.8, 4) is 6.07 Å². The van der Waals surface area contributed by atoms with Crippen molar-refractivity contribution in [2.45, 2.75) is 19.8 Å². The highest BCUT2D eigenvalue weighted by atomic mass is 19.2. The zero-order valence-electron chi connectivity index (χ0n) is 10.1. The van der Waals surface area contributed by atoms with Crippen molar-refractivity contribution in [1.82, 2.24) is 4.90 Å². The summed E-state index contributed by atoms with van der Waals surface area (Å²) < 4.78 is 26.4. The Morgan fingerprint density at radius 1 is 1.44 bits per heavy atom. The maximum atomic E-state index is 13.4. The van der Waals surface area contributed by atoms with Gasteiger partial charge in [0.15, 0.2) is 11.6 Å². The van der Waals surface area contributed by atoms with Crippen molar-refractivity contribution in [2.75, 3.05) is 13.1 Å². The molecule has 0 spiro atoms. The molecule has 0 heterocycles. The topological polar surface area (TPSA) is 44.1 Å². The van der Waals surface area contributed by atoms with E-state index >= 15 is 0 Å². The molecule has 0 radical (unpaired) electrons. The Labute approximate surface area is 105 Å². The van der Waals surface area contributed by atoms with Crippen LogP contribution in [0.2, 0.25) is 0 Å². The molecule has 0 unspecified atom stereocenters. The molecule has 0 atom stereocenters. The molecule has 1 rings (SSSR count). The number of hydrogen-bond donors (Lipinski definition) is 0. The van der Waals surface area contributed by atoms with Gasteiger partial charge < -0.3 is 4.90 Å². The molecule has 0 aliphatic heterocycles. The third-order valence-corrected chi connectivity index (χ3v) is 2.60. The van der Waals surface area contributed by atoms with Gasteiger partial charge >= 0.3 is 0 Å². The highest BCUT2D eigenvalue weighted by molar-refractivity contribution is 5.78. The van der Waals surface area contributed by atoms with Crippen LogP contribution in [0, 0.1) is 23.0 Å². The average molecular weight is 252 g/mol. The first-order chi connectivity index (χ1) is 8.60. The lowest BCUT2D eigenvalue weighted by Crippen LogP contribution is -2.33. The van der Waals surface area contributed by atoms with Crippen molar-refractivity contribution >= 4 is 5.91 Å². The van der Waals surface area contributed by atoms with Gasteiger partial charge in [0.2, 0.25) is 5.91 Å².